The fraction of sp³-hybridized carbons (Fsp3) is 0.338. The van der Waals surface area contributed by atoms with E-state index >= 15 is 0 Å². The minimum atomic E-state index is -0.450. The molecule has 0 unspecified atom stereocenters. The maximum absolute atomic E-state index is 13.3. The van der Waals surface area contributed by atoms with Crippen LogP contribution < -0.4 is 62.8 Å². The van der Waals surface area contributed by atoms with E-state index in [4.69, 9.17) is 116 Å². The van der Waals surface area contributed by atoms with Crippen LogP contribution in [-0.4, -0.2) is 89.7 Å². The number of pyridine rings is 1. The molecule has 3 atom stereocenters. The predicted molar refractivity (Wildman–Crippen MR) is 380 cm³/mol. The maximum Gasteiger partial charge on any atom is 0.263 e. The molecule has 498 valence electrons. The third kappa shape index (κ3) is 11.6. The Kier molecular flexibility index (Phi) is 18.3. The van der Waals surface area contributed by atoms with Crippen LogP contribution in [-0.2, 0) is 0 Å². The van der Waals surface area contributed by atoms with Gasteiger partial charge < -0.3 is 46.1 Å². The number of piperidine rings is 3. The summed E-state index contributed by atoms with van der Waals surface area (Å²) in [6, 6.07) is 33.1. The lowest BCUT2D eigenvalue weighted by Gasteiger charge is -2.41. The number of hydrogen-bond acceptors (Lipinski definition) is 16. The molecule has 0 amide bonds. The second-order valence-corrected chi connectivity index (χ2v) is 27.7. The predicted octanol–water partition coefficient (Wildman–Crippen LogP) is 13.2. The van der Waals surface area contributed by atoms with Crippen molar-refractivity contribution in [1.82, 2.24) is 33.6 Å². The fourth-order valence-corrected chi connectivity index (χ4v) is 15.6. The number of aromatic nitrogens is 7. The van der Waals surface area contributed by atoms with Crippen molar-refractivity contribution in [1.29, 1.82) is 0 Å². The normalized spacial score (nSPS) is 19.2. The van der Waals surface area contributed by atoms with E-state index < -0.39 is 16.8 Å². The van der Waals surface area contributed by atoms with Crippen molar-refractivity contribution in [3.8, 4) is 34.3 Å². The van der Waals surface area contributed by atoms with E-state index in [0.717, 1.165) is 72.5 Å². The van der Waals surface area contributed by atoms with Crippen molar-refractivity contribution in [2.45, 2.75) is 115 Å². The molecule has 3 saturated heterocycles. The van der Waals surface area contributed by atoms with Gasteiger partial charge in [0.1, 0.15) is 69.0 Å². The van der Waals surface area contributed by atoms with Crippen molar-refractivity contribution in [3.05, 3.63) is 234 Å². The van der Waals surface area contributed by atoms with Crippen LogP contribution in [0.4, 0.5) is 17.5 Å². The summed E-state index contributed by atoms with van der Waals surface area (Å²) in [7, 11) is 0. The van der Waals surface area contributed by atoms with Crippen LogP contribution in [0.25, 0.3) is 17.1 Å². The topological polar surface area (TPSA) is 233 Å². The molecule has 3 spiro atoms. The summed E-state index contributed by atoms with van der Waals surface area (Å²) < 4.78 is 23.5. The molecule has 25 heteroatoms. The van der Waals surface area contributed by atoms with E-state index in [1.54, 1.807) is 109 Å². The average Bonchev–Trinajstić information content (AvgIpc) is 1.31. The number of benzene rings is 5. The molecule has 5 aromatic carbocycles. The number of ether oxygens (including phenoxy) is 3. The first-order valence-corrected chi connectivity index (χ1v) is 34.1. The van der Waals surface area contributed by atoms with Gasteiger partial charge in [-0.05, 0) is 96.1 Å². The monoisotopic (exact) mass is 1410 g/mol. The Balaban J connectivity index is 0.000000130. The van der Waals surface area contributed by atoms with Crippen LogP contribution in [0.5, 0.6) is 17.2 Å². The summed E-state index contributed by atoms with van der Waals surface area (Å²) in [5, 5.41) is 2.18. The largest absolute Gasteiger partial charge is 0.485 e. The Morgan fingerprint density at radius 2 is 0.688 bits per heavy atom. The van der Waals surface area contributed by atoms with Crippen molar-refractivity contribution >= 4 is 87.1 Å². The molecule has 6 aliphatic rings. The van der Waals surface area contributed by atoms with Gasteiger partial charge in [-0.3, -0.25) is 33.1 Å². The lowest BCUT2D eigenvalue weighted by molar-refractivity contribution is 0.0427. The number of nitrogens with zero attached hydrogens (tertiary/aromatic N) is 10. The SMILES string of the molecule is Cc1c(N2CCC3(CC2)Oc2ccccc2[C@@H]3N)nc(C)n(-c2cccc(Cl)c2Cl)c1=O.Cc1c(N2CCC3(CC2)Oc2ccccc2[C@H]3N)nc(C)n(-c2cccc(Cl)c2Cl)c1=O.Cc1c(N2CCC3(CC2)Oc2cnccc2[C@@H]3N)nc(C)n(-c2cccc(Cl)c2Cl)c1=O. The van der Waals surface area contributed by atoms with E-state index in [-0.39, 0.29) is 34.8 Å². The van der Waals surface area contributed by atoms with Crippen molar-refractivity contribution < 1.29 is 14.2 Å². The van der Waals surface area contributed by atoms with Gasteiger partial charge >= 0.3 is 0 Å². The van der Waals surface area contributed by atoms with Gasteiger partial charge in [-0.2, -0.15) is 0 Å². The van der Waals surface area contributed by atoms with E-state index in [0.29, 0.717) is 138 Å². The Morgan fingerprint density at radius 3 is 0.990 bits per heavy atom. The molecule has 6 aliphatic heterocycles. The van der Waals surface area contributed by atoms with E-state index in [2.05, 4.69) is 19.7 Å². The van der Waals surface area contributed by atoms with Gasteiger partial charge in [0.2, 0.25) is 0 Å². The summed E-state index contributed by atoms with van der Waals surface area (Å²) in [5.74, 6) is 6.25. The number of aryl methyl sites for hydroxylation is 3. The van der Waals surface area contributed by atoms with Gasteiger partial charge in [-0.25, -0.2) is 15.0 Å². The summed E-state index contributed by atoms with van der Waals surface area (Å²) in [4.78, 5) is 64.9. The van der Waals surface area contributed by atoms with E-state index in [1.807, 2.05) is 54.6 Å². The molecular weight excluding hydrogens is 1340 g/mol. The number of nitrogens with two attached hydrogens (primary N) is 3. The molecule has 19 nitrogen and oxygen atoms in total. The average molecular weight is 1420 g/mol. The molecule has 0 aliphatic carbocycles. The lowest BCUT2D eigenvalue weighted by Crippen LogP contribution is -2.52. The molecular formula is C71H71Cl6N13O6. The smallest absolute Gasteiger partial charge is 0.263 e. The Morgan fingerprint density at radius 1 is 0.396 bits per heavy atom. The molecule has 3 fully saturated rings. The van der Waals surface area contributed by atoms with E-state index in [9.17, 15) is 14.4 Å². The number of anilines is 3. The molecule has 0 bridgehead atoms. The Bertz CT molecular complexity index is 4270. The Hall–Kier alpha value is -7.69. The van der Waals surface area contributed by atoms with Gasteiger partial charge in [0.15, 0.2) is 0 Å². The number of hydrogen-bond donors (Lipinski definition) is 3. The molecule has 6 N–H and O–H groups in total. The van der Waals surface area contributed by atoms with Gasteiger partial charge in [-0.1, -0.05) is 124 Å². The number of fused-ring (bicyclic) bond motifs is 3. The highest BCUT2D eigenvalue weighted by Crippen LogP contribution is 2.50. The zero-order valence-corrected chi connectivity index (χ0v) is 58.2. The first-order valence-electron chi connectivity index (χ1n) is 31.8. The van der Waals surface area contributed by atoms with Crippen LogP contribution in [0.15, 0.2) is 136 Å². The standard InChI is InChI=1S/2C24H24Cl2N4O2.C23H23Cl2N5O2/c2*1-14-22(28-15(2)30(23(14)31)18-8-5-7-17(25)20(18)26)29-12-10-24(11-13-29)21(27)16-6-3-4-9-19(16)32-24;1-13-21(28-14(2)30(22(13)31)17-5-3-4-16(24)19(17)25)29-10-7-23(8-11-29)20(26)15-6-9-27-12-18(15)32-23/h2*3-9,21H,10-13,27H2,1-2H3;3-6,9,12,20H,7-8,10-11,26H2,1-2H3/t2*21-;20-/m100/s1. The first-order chi connectivity index (χ1) is 46.0. The molecule has 0 saturated carbocycles. The fourth-order valence-electron chi connectivity index (χ4n) is 14.5. The maximum atomic E-state index is 13.3. The molecule has 9 aromatic rings. The van der Waals surface area contributed by atoms with Crippen LogP contribution in [0.2, 0.25) is 30.1 Å². The zero-order valence-electron chi connectivity index (χ0n) is 53.7. The van der Waals surface area contributed by atoms with Gasteiger partial charge in [-0.15, -0.1) is 0 Å². The van der Waals surface area contributed by atoms with Gasteiger partial charge in [0, 0.05) is 101 Å². The van der Waals surface area contributed by atoms with Gasteiger partial charge in [0.25, 0.3) is 16.7 Å². The number of rotatable bonds is 6. The van der Waals surface area contributed by atoms with Crippen molar-refractivity contribution in [2.24, 2.45) is 17.2 Å². The summed E-state index contributed by atoms with van der Waals surface area (Å²) in [6.45, 7) is 15.0. The van der Waals surface area contributed by atoms with Crippen LogP contribution in [0, 0.1) is 41.5 Å². The summed E-state index contributed by atoms with van der Waals surface area (Å²) in [5.41, 5.74) is 24.4. The number of halogens is 6. The first kappa shape index (κ1) is 66.9. The van der Waals surface area contributed by atoms with Crippen molar-refractivity contribution in [3.63, 3.8) is 0 Å². The van der Waals surface area contributed by atoms with E-state index in [1.165, 1.54) is 13.7 Å². The van der Waals surface area contributed by atoms with Crippen LogP contribution in [0.3, 0.4) is 0 Å². The summed E-state index contributed by atoms with van der Waals surface area (Å²) >= 11 is 37.6. The highest BCUT2D eigenvalue weighted by atomic mass is 35.5. The van der Waals surface area contributed by atoms with Crippen LogP contribution >= 0.6 is 69.6 Å². The molecule has 4 aromatic heterocycles. The van der Waals surface area contributed by atoms with Gasteiger partial charge in [0.05, 0.1) is 88.2 Å². The lowest BCUT2D eigenvalue weighted by atomic mass is 9.83. The quantitative estimate of drug-likeness (QED) is 0.140. The minimum absolute atomic E-state index is 0.154. The molecule has 96 heavy (non-hydrogen) atoms. The second-order valence-electron chi connectivity index (χ2n) is 25.3. The zero-order chi connectivity index (χ0) is 67.9. The molecule has 15 rings (SSSR count). The summed E-state index contributed by atoms with van der Waals surface area (Å²) in [6.07, 6.45) is 7.95. The number of para-hydroxylation sites is 2. The minimum Gasteiger partial charge on any atom is -0.485 e. The van der Waals surface area contributed by atoms with Crippen molar-refractivity contribution in [2.75, 3.05) is 54.0 Å². The Labute approximate surface area is 585 Å². The second kappa shape index (κ2) is 26.3. The molecule has 0 radical (unpaired) electrons. The third-order valence-electron chi connectivity index (χ3n) is 19.9. The molecule has 10 heterocycles. The van der Waals surface area contributed by atoms with Crippen LogP contribution in [0.1, 0.15) is 108 Å². The highest BCUT2D eigenvalue weighted by molar-refractivity contribution is 6.44. The highest BCUT2D eigenvalue weighted by Gasteiger charge is 2.51. The third-order valence-corrected chi connectivity index (χ3v) is 22.3.